The molecule has 0 amide bonds. The topological polar surface area (TPSA) is 35.0 Å². The van der Waals surface area contributed by atoms with E-state index in [0.29, 0.717) is 6.61 Å². The van der Waals surface area contributed by atoms with E-state index in [1.165, 1.54) is 6.33 Å². The number of halogens is 1. The fourth-order valence-corrected chi connectivity index (χ4v) is 0.778. The van der Waals surface area contributed by atoms with E-state index in [1.54, 1.807) is 6.20 Å². The van der Waals surface area contributed by atoms with Crippen molar-refractivity contribution in [2.75, 3.05) is 0 Å². The van der Waals surface area contributed by atoms with Gasteiger partial charge in [-0.25, -0.2) is 9.97 Å². The Hall–Kier alpha value is -0.230. The molecule has 1 aromatic rings. The maximum absolute atomic E-state index is 4.81. The second-order valence-corrected chi connectivity index (χ2v) is 2.08. The highest BCUT2D eigenvalue weighted by Crippen LogP contribution is 1.96. The number of hydrogen-bond acceptors (Lipinski definition) is 3. The molecule has 1 aromatic heterocycles. The maximum Gasteiger partial charge on any atom is 0.115 e. The van der Waals surface area contributed by atoms with Gasteiger partial charge in [0.05, 0.1) is 5.69 Å². The summed E-state index contributed by atoms with van der Waals surface area (Å²) in [6.45, 7) is 0.545. The summed E-state index contributed by atoms with van der Waals surface area (Å²) in [6.07, 6.45) is 3.20. The van der Waals surface area contributed by atoms with E-state index in [9.17, 15) is 0 Å². The van der Waals surface area contributed by atoms with Crippen molar-refractivity contribution < 1.29 is 3.07 Å². The minimum absolute atomic E-state index is 0.545. The maximum atomic E-state index is 4.81. The number of nitrogens with zero attached hydrogens (tertiary/aromatic N) is 2. The lowest BCUT2D eigenvalue weighted by Gasteiger charge is -1.91. The molecule has 0 unspecified atom stereocenters. The molecule has 4 heteroatoms. The minimum atomic E-state index is 0.545. The zero-order valence-corrected chi connectivity index (χ0v) is 6.78. The van der Waals surface area contributed by atoms with Gasteiger partial charge in [0.25, 0.3) is 0 Å². The molecule has 0 saturated heterocycles. The third-order valence-electron chi connectivity index (χ3n) is 0.846. The Morgan fingerprint density at radius 3 is 3.11 bits per heavy atom. The van der Waals surface area contributed by atoms with Crippen LogP contribution in [0.5, 0.6) is 0 Å². The molecule has 3 nitrogen and oxygen atoms in total. The second kappa shape index (κ2) is 3.73. The van der Waals surface area contributed by atoms with E-state index < -0.39 is 0 Å². The highest BCUT2D eigenvalue weighted by molar-refractivity contribution is 14.1. The van der Waals surface area contributed by atoms with Crippen molar-refractivity contribution >= 4 is 23.0 Å². The van der Waals surface area contributed by atoms with Crippen molar-refractivity contribution in [1.29, 1.82) is 0 Å². The highest BCUT2D eigenvalue weighted by atomic mass is 127. The zero-order valence-electron chi connectivity index (χ0n) is 4.62. The van der Waals surface area contributed by atoms with E-state index in [-0.39, 0.29) is 0 Å². The van der Waals surface area contributed by atoms with Crippen LogP contribution < -0.4 is 0 Å². The predicted octanol–water partition coefficient (Wildman–Crippen LogP) is 1.34. The number of aromatic nitrogens is 2. The SMILES string of the molecule is IOCc1ccncn1. The second-order valence-electron chi connectivity index (χ2n) is 1.45. The molecule has 0 radical (unpaired) electrons. The highest BCUT2D eigenvalue weighted by Gasteiger charge is 1.88. The first-order chi connectivity index (χ1) is 4.43. The lowest BCUT2D eigenvalue weighted by Crippen LogP contribution is -1.87. The molecule has 0 aliphatic carbocycles. The summed E-state index contributed by atoms with van der Waals surface area (Å²) in [5.74, 6) is 0. The van der Waals surface area contributed by atoms with E-state index in [4.69, 9.17) is 3.07 Å². The van der Waals surface area contributed by atoms with Crippen LogP contribution in [-0.2, 0) is 9.67 Å². The molecular formula is C5H5IN2O. The molecule has 48 valence electrons. The van der Waals surface area contributed by atoms with Crippen molar-refractivity contribution in [1.82, 2.24) is 9.97 Å². The van der Waals surface area contributed by atoms with E-state index in [2.05, 4.69) is 9.97 Å². The van der Waals surface area contributed by atoms with Gasteiger partial charge >= 0.3 is 0 Å². The Morgan fingerprint density at radius 1 is 1.67 bits per heavy atom. The summed E-state index contributed by atoms with van der Waals surface area (Å²) in [5.41, 5.74) is 0.902. The Bertz CT molecular complexity index is 168. The van der Waals surface area contributed by atoms with Gasteiger partial charge < -0.3 is 3.07 Å². The van der Waals surface area contributed by atoms with Crippen molar-refractivity contribution in [3.63, 3.8) is 0 Å². The molecule has 0 atom stereocenters. The molecule has 1 heterocycles. The van der Waals surface area contributed by atoms with E-state index >= 15 is 0 Å². The molecule has 1 rings (SSSR count). The van der Waals surface area contributed by atoms with Gasteiger partial charge in [-0.05, 0) is 6.07 Å². The van der Waals surface area contributed by atoms with Crippen LogP contribution in [-0.4, -0.2) is 9.97 Å². The van der Waals surface area contributed by atoms with Crippen molar-refractivity contribution in [3.8, 4) is 0 Å². The Balaban J connectivity index is 2.61. The molecule has 0 bridgehead atoms. The Morgan fingerprint density at radius 2 is 2.56 bits per heavy atom. The molecule has 0 aliphatic heterocycles. The lowest BCUT2D eigenvalue weighted by atomic mass is 10.4. The molecule has 0 spiro atoms. The van der Waals surface area contributed by atoms with Gasteiger partial charge in [0, 0.05) is 6.20 Å². The zero-order chi connectivity index (χ0) is 6.53. The molecule has 0 aliphatic rings. The van der Waals surface area contributed by atoms with Gasteiger partial charge in [0.15, 0.2) is 0 Å². The number of rotatable bonds is 2. The third-order valence-corrected chi connectivity index (χ3v) is 1.16. The van der Waals surface area contributed by atoms with Crippen molar-refractivity contribution in [2.45, 2.75) is 6.61 Å². The van der Waals surface area contributed by atoms with Gasteiger partial charge in [-0.15, -0.1) is 0 Å². The molecule has 0 saturated carbocycles. The van der Waals surface area contributed by atoms with Crippen molar-refractivity contribution in [2.24, 2.45) is 0 Å². The lowest BCUT2D eigenvalue weighted by molar-refractivity contribution is 0.410. The third kappa shape index (κ3) is 2.23. The summed E-state index contributed by atoms with van der Waals surface area (Å²) in [5, 5.41) is 0. The first-order valence-corrected chi connectivity index (χ1v) is 3.30. The van der Waals surface area contributed by atoms with Crippen LogP contribution in [0.2, 0.25) is 0 Å². The summed E-state index contributed by atoms with van der Waals surface area (Å²) >= 11 is 1.83. The minimum Gasteiger partial charge on any atom is -0.309 e. The van der Waals surface area contributed by atoms with Gasteiger partial charge in [0.1, 0.15) is 35.9 Å². The first-order valence-electron chi connectivity index (χ1n) is 2.42. The predicted molar refractivity (Wildman–Crippen MR) is 40.8 cm³/mol. The summed E-state index contributed by atoms with van der Waals surface area (Å²) < 4.78 is 4.81. The molecule has 9 heavy (non-hydrogen) atoms. The van der Waals surface area contributed by atoms with Gasteiger partial charge in [0.2, 0.25) is 0 Å². The van der Waals surface area contributed by atoms with Crippen LogP contribution >= 0.6 is 23.0 Å². The van der Waals surface area contributed by atoms with Crippen LogP contribution in [0, 0.1) is 0 Å². The quantitative estimate of drug-likeness (QED) is 0.727. The smallest absolute Gasteiger partial charge is 0.115 e. The number of hydrogen-bond donors (Lipinski definition) is 0. The largest absolute Gasteiger partial charge is 0.309 e. The van der Waals surface area contributed by atoms with Gasteiger partial charge in [-0.3, -0.25) is 0 Å². The summed E-state index contributed by atoms with van der Waals surface area (Å²) in [7, 11) is 0. The molecule has 0 aromatic carbocycles. The average Bonchev–Trinajstić information content (AvgIpc) is 1.91. The summed E-state index contributed by atoms with van der Waals surface area (Å²) in [6, 6.07) is 1.82. The molecule has 0 N–H and O–H groups in total. The first kappa shape index (κ1) is 6.88. The fraction of sp³-hybridized carbons (Fsp3) is 0.200. The van der Waals surface area contributed by atoms with Crippen LogP contribution in [0.25, 0.3) is 0 Å². The average molecular weight is 236 g/mol. The van der Waals surface area contributed by atoms with E-state index in [0.717, 1.165) is 5.69 Å². The fourth-order valence-electron chi connectivity index (χ4n) is 0.459. The summed E-state index contributed by atoms with van der Waals surface area (Å²) in [4.78, 5) is 7.69. The van der Waals surface area contributed by atoms with Crippen LogP contribution in [0.1, 0.15) is 5.69 Å². The van der Waals surface area contributed by atoms with Crippen LogP contribution in [0.4, 0.5) is 0 Å². The monoisotopic (exact) mass is 236 g/mol. The van der Waals surface area contributed by atoms with Crippen LogP contribution in [0.15, 0.2) is 18.6 Å². The van der Waals surface area contributed by atoms with Crippen LogP contribution in [0.3, 0.4) is 0 Å². The van der Waals surface area contributed by atoms with Gasteiger partial charge in [-0.1, -0.05) is 0 Å². The van der Waals surface area contributed by atoms with E-state index in [1.807, 2.05) is 29.1 Å². The van der Waals surface area contributed by atoms with Crippen molar-refractivity contribution in [3.05, 3.63) is 24.3 Å². The standard InChI is InChI=1S/C5H5IN2O/c6-9-3-5-1-2-7-4-8-5/h1-2,4H,3H2. The molecular weight excluding hydrogens is 231 g/mol. The van der Waals surface area contributed by atoms with Gasteiger partial charge in [-0.2, -0.15) is 0 Å². The normalized spacial score (nSPS) is 9.44. The Kier molecular flexibility index (Phi) is 2.85. The Labute approximate surface area is 67.2 Å². The molecule has 0 fully saturated rings.